The van der Waals surface area contributed by atoms with Crippen LogP contribution in [0.4, 0.5) is 0 Å². The van der Waals surface area contributed by atoms with Gasteiger partial charge in [-0.15, -0.1) is 0 Å². The maximum atomic E-state index is 5.54. The number of rotatable bonds is 2. The average molecular weight is 180 g/mol. The minimum absolute atomic E-state index is 0.270. The molecule has 1 atom stereocenters. The van der Waals surface area contributed by atoms with E-state index in [2.05, 4.69) is 19.8 Å². The van der Waals surface area contributed by atoms with Crippen LogP contribution in [0.2, 0.25) is 0 Å². The van der Waals surface area contributed by atoms with Gasteiger partial charge in [0.1, 0.15) is 6.26 Å². The zero-order valence-electron chi connectivity index (χ0n) is 6.97. The van der Waals surface area contributed by atoms with E-state index in [9.17, 15) is 0 Å². The summed E-state index contributed by atoms with van der Waals surface area (Å²) in [7, 11) is 0. The first kappa shape index (κ1) is 7.93. The molecule has 0 spiro atoms. The Labute approximate surface area is 73.7 Å². The minimum atomic E-state index is -0.270. The highest BCUT2D eigenvalue weighted by Crippen LogP contribution is 2.14. The van der Waals surface area contributed by atoms with Crippen molar-refractivity contribution in [3.8, 4) is 11.5 Å². The first-order valence-electron chi connectivity index (χ1n) is 3.77. The van der Waals surface area contributed by atoms with Gasteiger partial charge in [0.05, 0.1) is 6.04 Å². The van der Waals surface area contributed by atoms with E-state index in [0.29, 0.717) is 17.4 Å². The van der Waals surface area contributed by atoms with Crippen LogP contribution in [-0.2, 0) is 0 Å². The van der Waals surface area contributed by atoms with Gasteiger partial charge in [-0.1, -0.05) is 10.3 Å². The fourth-order valence-electron chi connectivity index (χ4n) is 0.852. The number of hydrogen-bond acceptors (Lipinski definition) is 6. The molecular formula is C7H8N4O2. The van der Waals surface area contributed by atoms with Gasteiger partial charge in [0, 0.05) is 6.07 Å². The molecule has 68 valence electrons. The molecule has 13 heavy (non-hydrogen) atoms. The maximum Gasteiger partial charge on any atom is 0.243 e. The molecule has 6 nitrogen and oxygen atoms in total. The van der Waals surface area contributed by atoms with E-state index in [1.54, 1.807) is 13.0 Å². The Bertz CT molecular complexity index is 379. The Hall–Kier alpha value is -1.69. The molecule has 0 aliphatic heterocycles. The lowest BCUT2D eigenvalue weighted by Crippen LogP contribution is -2.04. The van der Waals surface area contributed by atoms with E-state index >= 15 is 0 Å². The Morgan fingerprint density at radius 2 is 2.31 bits per heavy atom. The molecule has 0 saturated heterocycles. The van der Waals surface area contributed by atoms with Crippen molar-refractivity contribution in [3.63, 3.8) is 0 Å². The van der Waals surface area contributed by atoms with Crippen molar-refractivity contribution in [2.75, 3.05) is 0 Å². The molecule has 2 aromatic heterocycles. The van der Waals surface area contributed by atoms with Crippen molar-refractivity contribution in [2.24, 2.45) is 5.73 Å². The largest absolute Gasteiger partial charge is 0.364 e. The van der Waals surface area contributed by atoms with Crippen molar-refractivity contribution in [2.45, 2.75) is 13.0 Å². The smallest absolute Gasteiger partial charge is 0.243 e. The van der Waals surface area contributed by atoms with Crippen LogP contribution < -0.4 is 5.73 Å². The first-order chi connectivity index (χ1) is 6.27. The molecular weight excluding hydrogens is 172 g/mol. The lowest BCUT2D eigenvalue weighted by Gasteiger charge is -1.92. The second-order valence-electron chi connectivity index (χ2n) is 2.63. The van der Waals surface area contributed by atoms with E-state index in [4.69, 9.17) is 10.3 Å². The number of nitrogens with two attached hydrogens (primary N) is 1. The predicted molar refractivity (Wildman–Crippen MR) is 42.4 cm³/mol. The quantitative estimate of drug-likeness (QED) is 0.733. The van der Waals surface area contributed by atoms with Crippen LogP contribution >= 0.6 is 0 Å². The highest BCUT2D eigenvalue weighted by atomic mass is 16.5. The van der Waals surface area contributed by atoms with Gasteiger partial charge in [-0.25, -0.2) is 0 Å². The zero-order chi connectivity index (χ0) is 9.26. The van der Waals surface area contributed by atoms with Gasteiger partial charge in [0.25, 0.3) is 0 Å². The summed E-state index contributed by atoms with van der Waals surface area (Å²) in [5.74, 6) is 0.777. The topological polar surface area (TPSA) is 91.0 Å². The van der Waals surface area contributed by atoms with Crippen LogP contribution in [-0.4, -0.2) is 15.3 Å². The second kappa shape index (κ2) is 2.98. The number of aromatic nitrogens is 3. The van der Waals surface area contributed by atoms with Gasteiger partial charge in [0.2, 0.25) is 11.7 Å². The van der Waals surface area contributed by atoms with Crippen LogP contribution in [0.5, 0.6) is 0 Å². The predicted octanol–water partition coefficient (Wildman–Crippen LogP) is 0.744. The van der Waals surface area contributed by atoms with Gasteiger partial charge in [-0.3, -0.25) is 0 Å². The van der Waals surface area contributed by atoms with Crippen molar-refractivity contribution < 1.29 is 9.05 Å². The first-order valence-corrected chi connectivity index (χ1v) is 3.77. The third-order valence-electron chi connectivity index (χ3n) is 1.50. The molecule has 0 amide bonds. The molecule has 0 saturated carbocycles. The van der Waals surface area contributed by atoms with E-state index in [-0.39, 0.29) is 6.04 Å². The Morgan fingerprint density at radius 3 is 2.85 bits per heavy atom. The Morgan fingerprint density at radius 1 is 1.46 bits per heavy atom. The summed E-state index contributed by atoms with van der Waals surface area (Å²) in [6.45, 7) is 1.76. The van der Waals surface area contributed by atoms with E-state index in [0.717, 1.165) is 0 Å². The van der Waals surface area contributed by atoms with E-state index < -0.39 is 0 Å². The summed E-state index contributed by atoms with van der Waals surface area (Å²) in [5, 5.41) is 7.35. The van der Waals surface area contributed by atoms with E-state index in [1.807, 2.05) is 0 Å². The SMILES string of the molecule is C[C@@H](N)c1nc(-c2ccon2)no1. The Balaban J connectivity index is 2.33. The summed E-state index contributed by atoms with van der Waals surface area (Å²) in [6.07, 6.45) is 1.44. The van der Waals surface area contributed by atoms with Gasteiger partial charge in [0.15, 0.2) is 5.69 Å². The normalized spacial score (nSPS) is 13.1. The van der Waals surface area contributed by atoms with Crippen LogP contribution in [0.15, 0.2) is 21.4 Å². The van der Waals surface area contributed by atoms with Crippen molar-refractivity contribution >= 4 is 0 Å². The zero-order valence-corrected chi connectivity index (χ0v) is 6.97. The molecule has 0 bridgehead atoms. The molecule has 0 fully saturated rings. The number of nitrogens with zero attached hydrogens (tertiary/aromatic N) is 3. The summed E-state index contributed by atoms with van der Waals surface area (Å²) in [4.78, 5) is 4.03. The van der Waals surface area contributed by atoms with Gasteiger partial charge >= 0.3 is 0 Å². The Kier molecular flexibility index (Phi) is 1.82. The third kappa shape index (κ3) is 1.43. The van der Waals surface area contributed by atoms with Crippen molar-refractivity contribution in [3.05, 3.63) is 18.2 Å². The molecule has 0 unspecified atom stereocenters. The monoisotopic (exact) mass is 180 g/mol. The highest BCUT2D eigenvalue weighted by molar-refractivity contribution is 5.45. The molecule has 6 heteroatoms. The standard InChI is InChI=1S/C7H8N4O2/c1-4(8)7-9-6(11-13-7)5-2-3-12-10-5/h2-4H,8H2,1H3/t4-/m1/s1. The minimum Gasteiger partial charge on any atom is -0.364 e. The molecule has 2 N–H and O–H groups in total. The van der Waals surface area contributed by atoms with Gasteiger partial charge < -0.3 is 14.8 Å². The lowest BCUT2D eigenvalue weighted by atomic mass is 10.3. The summed E-state index contributed by atoms with van der Waals surface area (Å²) < 4.78 is 9.52. The second-order valence-corrected chi connectivity index (χ2v) is 2.63. The molecule has 0 aliphatic carbocycles. The lowest BCUT2D eigenvalue weighted by molar-refractivity contribution is 0.361. The van der Waals surface area contributed by atoms with Gasteiger partial charge in [-0.05, 0) is 6.92 Å². The molecule has 2 rings (SSSR count). The van der Waals surface area contributed by atoms with Gasteiger partial charge in [-0.2, -0.15) is 4.98 Å². The van der Waals surface area contributed by atoms with Crippen LogP contribution in [0, 0.1) is 0 Å². The van der Waals surface area contributed by atoms with Crippen molar-refractivity contribution in [1.29, 1.82) is 0 Å². The third-order valence-corrected chi connectivity index (χ3v) is 1.50. The molecule has 2 aromatic rings. The highest BCUT2D eigenvalue weighted by Gasteiger charge is 2.13. The van der Waals surface area contributed by atoms with Crippen molar-refractivity contribution in [1.82, 2.24) is 15.3 Å². The molecule has 0 aromatic carbocycles. The van der Waals surface area contributed by atoms with Crippen LogP contribution in [0.1, 0.15) is 18.9 Å². The summed E-state index contributed by atoms with van der Waals surface area (Å²) in [6, 6.07) is 1.38. The fraction of sp³-hybridized carbons (Fsp3) is 0.286. The fourth-order valence-corrected chi connectivity index (χ4v) is 0.852. The molecule has 0 radical (unpaired) electrons. The summed E-state index contributed by atoms with van der Waals surface area (Å²) >= 11 is 0. The molecule has 0 aliphatic rings. The van der Waals surface area contributed by atoms with E-state index in [1.165, 1.54) is 6.26 Å². The van der Waals surface area contributed by atoms with Crippen LogP contribution in [0.3, 0.4) is 0 Å². The number of hydrogen-bond donors (Lipinski definition) is 1. The maximum absolute atomic E-state index is 5.54. The average Bonchev–Trinajstić information content (AvgIpc) is 2.75. The van der Waals surface area contributed by atoms with Crippen LogP contribution in [0.25, 0.3) is 11.5 Å². The molecule has 2 heterocycles. The summed E-state index contributed by atoms with van der Waals surface area (Å²) in [5.41, 5.74) is 6.08.